The van der Waals surface area contributed by atoms with Crippen molar-refractivity contribution in [3.8, 4) is 0 Å². The van der Waals surface area contributed by atoms with Crippen molar-refractivity contribution in [3.63, 3.8) is 0 Å². The van der Waals surface area contributed by atoms with Crippen LogP contribution in [0.1, 0.15) is 36.2 Å². The van der Waals surface area contributed by atoms with Crippen molar-refractivity contribution in [2.24, 2.45) is 0 Å². The van der Waals surface area contributed by atoms with Crippen LogP contribution < -0.4 is 10.2 Å². The summed E-state index contributed by atoms with van der Waals surface area (Å²) in [6.07, 6.45) is 3.79. The fourth-order valence-corrected chi connectivity index (χ4v) is 2.90. The van der Waals surface area contributed by atoms with Crippen LogP contribution in [0.5, 0.6) is 0 Å². The monoisotopic (exact) mass is 325 g/mol. The molecule has 2 aromatic rings. The number of carbonyl (C=O) groups is 1. The van der Waals surface area contributed by atoms with E-state index in [1.165, 1.54) is 5.56 Å². The highest BCUT2D eigenvalue weighted by Gasteiger charge is 2.22. The molecule has 3 rings (SSSR count). The van der Waals surface area contributed by atoms with Crippen molar-refractivity contribution in [3.05, 3.63) is 53.7 Å². The Kier molecular flexibility index (Phi) is 4.53. The summed E-state index contributed by atoms with van der Waals surface area (Å²) < 4.78 is 0. The number of benzene rings is 1. The molecule has 0 fully saturated rings. The molecular formula is C19H23N3O2. The van der Waals surface area contributed by atoms with Gasteiger partial charge in [0.15, 0.2) is 0 Å². The zero-order valence-electron chi connectivity index (χ0n) is 14.1. The van der Waals surface area contributed by atoms with E-state index < -0.39 is 5.54 Å². The van der Waals surface area contributed by atoms with Crippen molar-refractivity contribution in [2.75, 3.05) is 18.1 Å². The molecule has 0 atom stereocenters. The zero-order valence-corrected chi connectivity index (χ0v) is 14.1. The topological polar surface area (TPSA) is 65.5 Å². The van der Waals surface area contributed by atoms with E-state index in [9.17, 15) is 9.90 Å². The molecule has 1 aliphatic rings. The summed E-state index contributed by atoms with van der Waals surface area (Å²) in [5.74, 6) is 0.569. The second kappa shape index (κ2) is 6.61. The third kappa shape index (κ3) is 3.41. The highest BCUT2D eigenvalue weighted by Crippen LogP contribution is 2.32. The average Bonchev–Trinajstić information content (AvgIpc) is 2.61. The van der Waals surface area contributed by atoms with Crippen LogP contribution >= 0.6 is 0 Å². The van der Waals surface area contributed by atoms with E-state index in [1.54, 1.807) is 26.1 Å². The van der Waals surface area contributed by atoms with Gasteiger partial charge in [-0.3, -0.25) is 4.79 Å². The molecule has 24 heavy (non-hydrogen) atoms. The molecule has 0 aliphatic carbocycles. The van der Waals surface area contributed by atoms with Crippen molar-refractivity contribution in [2.45, 2.75) is 32.2 Å². The quantitative estimate of drug-likeness (QED) is 0.907. The standard InChI is InChI=1S/C19H23N3O2/c1-19(2,13-23)21-18(24)15-9-10-20-17(12-15)22-11-5-7-14-6-3-4-8-16(14)22/h3-4,6,8-10,12,23H,5,7,11,13H2,1-2H3,(H,21,24). The predicted octanol–water partition coefficient (Wildman–Crippen LogP) is 2.67. The smallest absolute Gasteiger partial charge is 0.251 e. The molecule has 0 bridgehead atoms. The van der Waals surface area contributed by atoms with Crippen molar-refractivity contribution in [1.29, 1.82) is 0 Å². The minimum atomic E-state index is -0.655. The fourth-order valence-electron chi connectivity index (χ4n) is 2.90. The van der Waals surface area contributed by atoms with Gasteiger partial charge in [-0.15, -0.1) is 0 Å². The highest BCUT2D eigenvalue weighted by atomic mass is 16.3. The van der Waals surface area contributed by atoms with Gasteiger partial charge >= 0.3 is 0 Å². The van der Waals surface area contributed by atoms with E-state index in [-0.39, 0.29) is 12.5 Å². The van der Waals surface area contributed by atoms with E-state index in [2.05, 4.69) is 33.4 Å². The maximum atomic E-state index is 12.4. The number of nitrogens with zero attached hydrogens (tertiary/aromatic N) is 2. The summed E-state index contributed by atoms with van der Waals surface area (Å²) in [5, 5.41) is 12.2. The van der Waals surface area contributed by atoms with Gasteiger partial charge in [-0.1, -0.05) is 18.2 Å². The predicted molar refractivity (Wildman–Crippen MR) is 94.6 cm³/mol. The molecular weight excluding hydrogens is 302 g/mol. The first-order chi connectivity index (χ1) is 11.5. The van der Waals surface area contributed by atoms with Crippen LogP contribution in [0.3, 0.4) is 0 Å². The van der Waals surface area contributed by atoms with Gasteiger partial charge in [0, 0.05) is 24.0 Å². The van der Waals surface area contributed by atoms with Crippen LogP contribution in [0.4, 0.5) is 11.5 Å². The van der Waals surface area contributed by atoms with Crippen LogP contribution in [-0.4, -0.2) is 34.7 Å². The summed E-state index contributed by atoms with van der Waals surface area (Å²) in [6.45, 7) is 4.34. The number of hydrogen-bond donors (Lipinski definition) is 2. The Labute approximate surface area is 142 Å². The molecule has 5 heteroatoms. The van der Waals surface area contributed by atoms with E-state index >= 15 is 0 Å². The van der Waals surface area contributed by atoms with Gasteiger partial charge < -0.3 is 15.3 Å². The number of hydrogen-bond acceptors (Lipinski definition) is 4. The number of para-hydroxylation sites is 1. The van der Waals surface area contributed by atoms with Gasteiger partial charge in [0.2, 0.25) is 0 Å². The van der Waals surface area contributed by atoms with E-state index in [4.69, 9.17) is 0 Å². The first kappa shape index (κ1) is 16.5. The number of carbonyl (C=O) groups excluding carboxylic acids is 1. The first-order valence-electron chi connectivity index (χ1n) is 8.25. The first-order valence-corrected chi connectivity index (χ1v) is 8.25. The van der Waals surface area contributed by atoms with E-state index in [0.717, 1.165) is 30.9 Å². The molecule has 1 aromatic carbocycles. The lowest BCUT2D eigenvalue weighted by Crippen LogP contribution is -2.46. The number of aliphatic hydroxyl groups is 1. The molecule has 126 valence electrons. The summed E-state index contributed by atoms with van der Waals surface area (Å²) in [4.78, 5) is 19.0. The van der Waals surface area contributed by atoms with Crippen molar-refractivity contribution in [1.82, 2.24) is 10.3 Å². The fraction of sp³-hybridized carbons (Fsp3) is 0.368. The lowest BCUT2D eigenvalue weighted by atomic mass is 10.0. The maximum Gasteiger partial charge on any atom is 0.251 e. The Morgan fingerprint density at radius 3 is 2.92 bits per heavy atom. The third-order valence-electron chi connectivity index (χ3n) is 4.24. The Morgan fingerprint density at radius 1 is 1.33 bits per heavy atom. The number of anilines is 2. The molecule has 1 amide bonds. The molecule has 0 saturated heterocycles. The number of aliphatic hydroxyl groups excluding tert-OH is 1. The van der Waals surface area contributed by atoms with Gasteiger partial charge in [0.05, 0.1) is 12.1 Å². The second-order valence-electron chi connectivity index (χ2n) is 6.78. The summed E-state index contributed by atoms with van der Waals surface area (Å²) in [5.41, 5.74) is 2.36. The van der Waals surface area contributed by atoms with Gasteiger partial charge in [-0.2, -0.15) is 0 Å². The molecule has 0 saturated carbocycles. The van der Waals surface area contributed by atoms with Gasteiger partial charge in [-0.25, -0.2) is 4.98 Å². The third-order valence-corrected chi connectivity index (χ3v) is 4.24. The van der Waals surface area contributed by atoms with Crippen LogP contribution in [0.25, 0.3) is 0 Å². The molecule has 0 radical (unpaired) electrons. The largest absolute Gasteiger partial charge is 0.394 e. The number of aromatic nitrogens is 1. The van der Waals surface area contributed by atoms with Gasteiger partial charge in [0.1, 0.15) is 5.82 Å². The number of nitrogens with one attached hydrogen (secondary N) is 1. The summed E-state index contributed by atoms with van der Waals surface area (Å²) in [7, 11) is 0. The Bertz CT molecular complexity index is 743. The molecule has 1 aliphatic heterocycles. The maximum absolute atomic E-state index is 12.4. The molecule has 2 heterocycles. The van der Waals surface area contributed by atoms with Crippen molar-refractivity contribution < 1.29 is 9.90 Å². The van der Waals surface area contributed by atoms with Gasteiger partial charge in [0.25, 0.3) is 5.91 Å². The molecule has 5 nitrogen and oxygen atoms in total. The minimum absolute atomic E-state index is 0.115. The van der Waals surface area contributed by atoms with Crippen LogP contribution in [0.2, 0.25) is 0 Å². The number of pyridine rings is 1. The molecule has 0 spiro atoms. The Balaban J connectivity index is 1.88. The molecule has 1 aromatic heterocycles. The minimum Gasteiger partial charge on any atom is -0.394 e. The van der Waals surface area contributed by atoms with Gasteiger partial charge in [-0.05, 0) is 50.5 Å². The Hall–Kier alpha value is -2.40. The van der Waals surface area contributed by atoms with E-state index in [0.29, 0.717) is 5.56 Å². The number of aryl methyl sites for hydroxylation is 1. The lowest BCUT2D eigenvalue weighted by Gasteiger charge is -2.30. The summed E-state index contributed by atoms with van der Waals surface area (Å²) in [6, 6.07) is 11.8. The SMILES string of the molecule is CC(C)(CO)NC(=O)c1ccnc(N2CCCc3ccccc32)c1. The normalized spacial score (nSPS) is 14.2. The highest BCUT2D eigenvalue weighted by molar-refractivity contribution is 5.95. The van der Waals surface area contributed by atoms with E-state index in [1.807, 2.05) is 12.1 Å². The van der Waals surface area contributed by atoms with Crippen molar-refractivity contribution >= 4 is 17.4 Å². The lowest BCUT2D eigenvalue weighted by molar-refractivity contribution is 0.0869. The second-order valence-corrected chi connectivity index (χ2v) is 6.78. The average molecular weight is 325 g/mol. The number of rotatable bonds is 4. The number of amides is 1. The van der Waals surface area contributed by atoms with Crippen LogP contribution in [0.15, 0.2) is 42.6 Å². The van der Waals surface area contributed by atoms with Crippen LogP contribution in [0, 0.1) is 0 Å². The number of fused-ring (bicyclic) bond motifs is 1. The molecule has 2 N–H and O–H groups in total. The summed E-state index contributed by atoms with van der Waals surface area (Å²) >= 11 is 0. The Morgan fingerprint density at radius 2 is 2.12 bits per heavy atom. The zero-order chi connectivity index (χ0) is 17.2. The van der Waals surface area contributed by atoms with Crippen LogP contribution in [-0.2, 0) is 6.42 Å². The molecule has 0 unspecified atom stereocenters.